The first-order chi connectivity index (χ1) is 8.36. The monoisotopic (exact) mass is 221 g/mol. The van der Waals surface area contributed by atoms with Gasteiger partial charge in [0.2, 0.25) is 0 Å². The molecule has 17 heavy (non-hydrogen) atoms. The predicted octanol–water partition coefficient (Wildman–Crippen LogP) is 3.61. The maximum Gasteiger partial charge on any atom is 0.124 e. The summed E-state index contributed by atoms with van der Waals surface area (Å²) in [7, 11) is 0. The molecule has 0 radical (unpaired) electrons. The van der Waals surface area contributed by atoms with Gasteiger partial charge in [0.05, 0.1) is 0 Å². The van der Waals surface area contributed by atoms with Crippen LogP contribution < -0.4 is 0 Å². The largest absolute Gasteiger partial charge is 0.507 e. The summed E-state index contributed by atoms with van der Waals surface area (Å²) in [4.78, 5) is 4.10. The first-order valence-corrected chi connectivity index (χ1v) is 5.47. The molecule has 0 aliphatic carbocycles. The van der Waals surface area contributed by atoms with E-state index in [9.17, 15) is 5.11 Å². The van der Waals surface area contributed by atoms with E-state index in [-0.39, 0.29) is 5.75 Å². The fourth-order valence-electron chi connectivity index (χ4n) is 2.07. The molecule has 1 N–H and O–H groups in total. The first kappa shape index (κ1) is 9.85. The molecule has 2 nitrogen and oxygen atoms in total. The van der Waals surface area contributed by atoms with Gasteiger partial charge in [0.15, 0.2) is 0 Å². The molecule has 0 fully saturated rings. The third kappa shape index (κ3) is 1.64. The normalized spacial score (nSPS) is 10.6. The molecular formula is C15H11NO. The maximum atomic E-state index is 10.0. The van der Waals surface area contributed by atoms with Crippen molar-refractivity contribution in [1.29, 1.82) is 0 Å². The SMILES string of the molecule is Oc1ccc2ccccc2c1-c1cccnc1. The van der Waals surface area contributed by atoms with Crippen LogP contribution in [0.25, 0.3) is 21.9 Å². The molecule has 0 aliphatic rings. The summed E-state index contributed by atoms with van der Waals surface area (Å²) in [6, 6.07) is 15.5. The molecular weight excluding hydrogens is 210 g/mol. The topological polar surface area (TPSA) is 33.1 Å². The number of pyridine rings is 1. The van der Waals surface area contributed by atoms with Gasteiger partial charge in [-0.1, -0.05) is 36.4 Å². The van der Waals surface area contributed by atoms with Gasteiger partial charge >= 0.3 is 0 Å². The molecule has 0 bridgehead atoms. The summed E-state index contributed by atoms with van der Waals surface area (Å²) >= 11 is 0. The summed E-state index contributed by atoms with van der Waals surface area (Å²) in [5, 5.41) is 12.2. The van der Waals surface area contributed by atoms with Crippen LogP contribution in [0.4, 0.5) is 0 Å². The van der Waals surface area contributed by atoms with Gasteiger partial charge in [-0.2, -0.15) is 0 Å². The molecule has 1 heterocycles. The smallest absolute Gasteiger partial charge is 0.124 e. The Balaban J connectivity index is 2.39. The third-order valence-corrected chi connectivity index (χ3v) is 2.86. The minimum atomic E-state index is 0.289. The second kappa shape index (κ2) is 3.91. The highest BCUT2D eigenvalue weighted by atomic mass is 16.3. The van der Waals surface area contributed by atoms with Gasteiger partial charge in [0, 0.05) is 23.5 Å². The predicted molar refractivity (Wildman–Crippen MR) is 68.8 cm³/mol. The van der Waals surface area contributed by atoms with Crippen LogP contribution in [0.2, 0.25) is 0 Å². The van der Waals surface area contributed by atoms with Gasteiger partial charge in [0.25, 0.3) is 0 Å². The molecule has 2 heteroatoms. The molecule has 3 rings (SSSR count). The third-order valence-electron chi connectivity index (χ3n) is 2.86. The first-order valence-electron chi connectivity index (χ1n) is 5.47. The minimum Gasteiger partial charge on any atom is -0.507 e. The van der Waals surface area contributed by atoms with Gasteiger partial charge in [-0.15, -0.1) is 0 Å². The Labute approximate surface area is 99.2 Å². The van der Waals surface area contributed by atoms with E-state index < -0.39 is 0 Å². The van der Waals surface area contributed by atoms with Crippen molar-refractivity contribution < 1.29 is 5.11 Å². The van der Waals surface area contributed by atoms with E-state index in [1.54, 1.807) is 18.5 Å². The zero-order valence-electron chi connectivity index (χ0n) is 9.17. The van der Waals surface area contributed by atoms with Crippen LogP contribution in [0, 0.1) is 0 Å². The number of fused-ring (bicyclic) bond motifs is 1. The van der Waals surface area contributed by atoms with E-state index in [0.717, 1.165) is 21.9 Å². The van der Waals surface area contributed by atoms with Gasteiger partial charge < -0.3 is 5.11 Å². The second-order valence-electron chi connectivity index (χ2n) is 3.92. The van der Waals surface area contributed by atoms with Crippen molar-refractivity contribution in [3.8, 4) is 16.9 Å². The number of benzene rings is 2. The number of phenolic OH excluding ortho intramolecular Hbond substituents is 1. The fourth-order valence-corrected chi connectivity index (χ4v) is 2.07. The average Bonchev–Trinajstić information content (AvgIpc) is 2.39. The molecule has 2 aromatic carbocycles. The Kier molecular flexibility index (Phi) is 2.26. The van der Waals surface area contributed by atoms with E-state index in [0.29, 0.717) is 0 Å². The Morgan fingerprint density at radius 2 is 1.76 bits per heavy atom. The molecule has 3 aromatic rings. The van der Waals surface area contributed by atoms with Crippen molar-refractivity contribution in [2.75, 3.05) is 0 Å². The second-order valence-corrected chi connectivity index (χ2v) is 3.92. The lowest BCUT2D eigenvalue weighted by atomic mass is 9.98. The quantitative estimate of drug-likeness (QED) is 0.681. The van der Waals surface area contributed by atoms with E-state index >= 15 is 0 Å². The zero-order chi connectivity index (χ0) is 11.7. The van der Waals surface area contributed by atoms with Crippen molar-refractivity contribution in [1.82, 2.24) is 4.98 Å². The number of hydrogen-bond acceptors (Lipinski definition) is 2. The summed E-state index contributed by atoms with van der Waals surface area (Å²) in [6.45, 7) is 0. The fraction of sp³-hybridized carbons (Fsp3) is 0. The van der Waals surface area contributed by atoms with Gasteiger partial charge in [0.1, 0.15) is 5.75 Å². The summed E-state index contributed by atoms with van der Waals surface area (Å²) in [5.74, 6) is 0.289. The molecule has 0 saturated heterocycles. The zero-order valence-corrected chi connectivity index (χ0v) is 9.17. The van der Waals surface area contributed by atoms with Crippen LogP contribution in [-0.4, -0.2) is 10.1 Å². The van der Waals surface area contributed by atoms with Crippen LogP contribution >= 0.6 is 0 Å². The highest BCUT2D eigenvalue weighted by Crippen LogP contribution is 2.35. The Morgan fingerprint density at radius 3 is 2.59 bits per heavy atom. The molecule has 0 aliphatic heterocycles. The summed E-state index contributed by atoms with van der Waals surface area (Å²) in [5.41, 5.74) is 1.78. The lowest BCUT2D eigenvalue weighted by molar-refractivity contribution is 0.478. The number of aromatic hydroxyl groups is 1. The summed E-state index contributed by atoms with van der Waals surface area (Å²) < 4.78 is 0. The van der Waals surface area contributed by atoms with Gasteiger partial charge in [-0.3, -0.25) is 4.98 Å². The lowest BCUT2D eigenvalue weighted by Crippen LogP contribution is -1.83. The maximum absolute atomic E-state index is 10.0. The molecule has 0 unspecified atom stereocenters. The number of rotatable bonds is 1. The molecule has 0 atom stereocenters. The number of nitrogens with zero attached hydrogens (tertiary/aromatic N) is 1. The Morgan fingerprint density at radius 1 is 0.882 bits per heavy atom. The lowest BCUT2D eigenvalue weighted by Gasteiger charge is -2.08. The average molecular weight is 221 g/mol. The van der Waals surface area contributed by atoms with E-state index in [1.807, 2.05) is 42.5 Å². The van der Waals surface area contributed by atoms with Crippen molar-refractivity contribution in [2.45, 2.75) is 0 Å². The molecule has 0 saturated carbocycles. The van der Waals surface area contributed by atoms with Gasteiger partial charge in [-0.25, -0.2) is 0 Å². The standard InChI is InChI=1S/C15H11NO/c17-14-8-7-11-4-1-2-6-13(11)15(14)12-5-3-9-16-10-12/h1-10,17H. The van der Waals surface area contributed by atoms with Crippen molar-refractivity contribution in [3.63, 3.8) is 0 Å². The van der Waals surface area contributed by atoms with Crippen molar-refractivity contribution >= 4 is 10.8 Å². The van der Waals surface area contributed by atoms with Gasteiger partial charge in [-0.05, 0) is 22.9 Å². The molecule has 0 amide bonds. The Hall–Kier alpha value is -2.35. The van der Waals surface area contributed by atoms with E-state index in [2.05, 4.69) is 4.98 Å². The van der Waals surface area contributed by atoms with Crippen molar-refractivity contribution in [3.05, 3.63) is 60.9 Å². The number of aromatic nitrogens is 1. The van der Waals surface area contributed by atoms with Crippen LogP contribution in [-0.2, 0) is 0 Å². The molecule has 1 aromatic heterocycles. The van der Waals surface area contributed by atoms with E-state index in [1.165, 1.54) is 0 Å². The number of hydrogen-bond donors (Lipinski definition) is 1. The van der Waals surface area contributed by atoms with Crippen LogP contribution in [0.15, 0.2) is 60.9 Å². The van der Waals surface area contributed by atoms with Crippen LogP contribution in [0.5, 0.6) is 5.75 Å². The minimum absolute atomic E-state index is 0.289. The summed E-state index contributed by atoms with van der Waals surface area (Å²) in [6.07, 6.45) is 3.49. The highest BCUT2D eigenvalue weighted by Gasteiger charge is 2.08. The molecule has 0 spiro atoms. The van der Waals surface area contributed by atoms with Crippen LogP contribution in [0.3, 0.4) is 0 Å². The Bertz CT molecular complexity index is 662. The van der Waals surface area contributed by atoms with Crippen molar-refractivity contribution in [2.24, 2.45) is 0 Å². The van der Waals surface area contributed by atoms with Crippen LogP contribution in [0.1, 0.15) is 0 Å². The van der Waals surface area contributed by atoms with E-state index in [4.69, 9.17) is 0 Å². The highest BCUT2D eigenvalue weighted by molar-refractivity contribution is 5.99. The number of phenols is 1. The molecule has 82 valence electrons.